The van der Waals surface area contributed by atoms with Crippen molar-refractivity contribution in [2.75, 3.05) is 13.1 Å². The highest BCUT2D eigenvalue weighted by Gasteiger charge is 2.37. The quantitative estimate of drug-likeness (QED) is 0.169. The summed E-state index contributed by atoms with van der Waals surface area (Å²) in [4.78, 5) is 54.0. The molecule has 0 spiro atoms. The van der Waals surface area contributed by atoms with Gasteiger partial charge in [0.25, 0.3) is 0 Å². The summed E-state index contributed by atoms with van der Waals surface area (Å²) in [6.45, 7) is 9.96. The molecule has 41 heavy (non-hydrogen) atoms. The molecule has 1 aromatic rings. The van der Waals surface area contributed by atoms with Crippen molar-refractivity contribution in [3.8, 4) is 12.3 Å². The van der Waals surface area contributed by atoms with Gasteiger partial charge in [-0.2, -0.15) is 0 Å². The molecule has 4 amide bonds. The summed E-state index contributed by atoms with van der Waals surface area (Å²) >= 11 is 0. The number of hydrogen-bond acceptors (Lipinski definition) is 5. The maximum atomic E-state index is 14.2. The molecule has 1 aromatic carbocycles. The lowest BCUT2D eigenvalue weighted by atomic mass is 9.96. The van der Waals surface area contributed by atoms with Crippen LogP contribution in [0.25, 0.3) is 0 Å². The summed E-state index contributed by atoms with van der Waals surface area (Å²) in [6.07, 6.45) is 13.0. The van der Waals surface area contributed by atoms with Crippen molar-refractivity contribution in [2.45, 2.75) is 117 Å². The van der Waals surface area contributed by atoms with E-state index in [4.69, 9.17) is 16.9 Å². The summed E-state index contributed by atoms with van der Waals surface area (Å²) < 4.78 is 5.34. The molecule has 0 bridgehead atoms. The Hall–Kier alpha value is -3.54. The zero-order chi connectivity index (χ0) is 30.8. The van der Waals surface area contributed by atoms with Crippen LogP contribution in [-0.2, 0) is 19.1 Å². The van der Waals surface area contributed by atoms with E-state index >= 15 is 0 Å². The molecule has 0 aliphatic rings. The minimum Gasteiger partial charge on any atom is -0.444 e. The smallest absolute Gasteiger partial charge is 0.408 e. The SMILES string of the molecule is C#Cc1ccccc1C(C(=O)NCCCCC)N(CCCCCCCC)C(=O)C(CC(N)=O)NC(=O)OC(C)(C)C. The van der Waals surface area contributed by atoms with E-state index in [2.05, 4.69) is 30.4 Å². The second kappa shape index (κ2) is 18.7. The van der Waals surface area contributed by atoms with Gasteiger partial charge in [0, 0.05) is 18.7 Å². The molecule has 0 aromatic heterocycles. The van der Waals surface area contributed by atoms with E-state index < -0.39 is 42.0 Å². The van der Waals surface area contributed by atoms with E-state index in [-0.39, 0.29) is 12.5 Å². The predicted octanol–water partition coefficient (Wildman–Crippen LogP) is 4.97. The lowest BCUT2D eigenvalue weighted by Gasteiger charge is -2.35. The van der Waals surface area contributed by atoms with Crippen molar-refractivity contribution in [1.82, 2.24) is 15.5 Å². The van der Waals surface area contributed by atoms with Crippen molar-refractivity contribution >= 4 is 23.8 Å². The molecule has 9 nitrogen and oxygen atoms in total. The second-order valence-electron chi connectivity index (χ2n) is 11.3. The molecule has 0 saturated heterocycles. The van der Waals surface area contributed by atoms with Crippen molar-refractivity contribution in [1.29, 1.82) is 0 Å². The number of terminal acetylenes is 1. The zero-order valence-corrected chi connectivity index (χ0v) is 25.6. The highest BCUT2D eigenvalue weighted by Crippen LogP contribution is 2.27. The van der Waals surface area contributed by atoms with Gasteiger partial charge in [-0.1, -0.05) is 82.9 Å². The van der Waals surface area contributed by atoms with Gasteiger partial charge < -0.3 is 26.0 Å². The van der Waals surface area contributed by atoms with Gasteiger partial charge in [0.05, 0.1) is 6.42 Å². The van der Waals surface area contributed by atoms with Crippen LogP contribution in [0.15, 0.2) is 24.3 Å². The van der Waals surface area contributed by atoms with Crippen molar-refractivity contribution in [3.63, 3.8) is 0 Å². The number of rotatable bonds is 18. The van der Waals surface area contributed by atoms with E-state index in [0.29, 0.717) is 24.1 Å². The number of unbranched alkanes of at least 4 members (excludes halogenated alkanes) is 7. The number of alkyl carbamates (subject to hydrolysis) is 1. The first-order chi connectivity index (χ1) is 19.4. The predicted molar refractivity (Wildman–Crippen MR) is 162 cm³/mol. The standard InChI is InChI=1S/C32H50N4O5/c1-7-10-12-13-14-18-22-36(30(39)26(23-27(33)37)35-31(40)41-32(4,5)6)28(29(38)34-21-17-11-8-2)25-20-16-15-19-24(25)9-3/h3,15-16,19-20,26,28H,7-8,10-14,17-18,21-23H2,1-2,4-6H3,(H2,33,37)(H,34,38)(H,35,40). The molecular formula is C32H50N4O5. The summed E-state index contributed by atoms with van der Waals surface area (Å²) in [5.41, 5.74) is 5.64. The molecule has 4 N–H and O–H groups in total. The van der Waals surface area contributed by atoms with E-state index in [0.717, 1.165) is 51.4 Å². The van der Waals surface area contributed by atoms with Crippen LogP contribution < -0.4 is 16.4 Å². The molecule has 9 heteroatoms. The third-order valence-corrected chi connectivity index (χ3v) is 6.48. The first-order valence-corrected chi connectivity index (χ1v) is 14.9. The summed E-state index contributed by atoms with van der Waals surface area (Å²) in [7, 11) is 0. The Balaban J connectivity index is 3.50. The maximum absolute atomic E-state index is 14.2. The Morgan fingerprint density at radius 3 is 2.20 bits per heavy atom. The number of nitrogens with zero attached hydrogens (tertiary/aromatic N) is 1. The Labute approximate surface area is 246 Å². The van der Waals surface area contributed by atoms with Crippen LogP contribution in [0.3, 0.4) is 0 Å². The molecule has 228 valence electrons. The summed E-state index contributed by atoms with van der Waals surface area (Å²) in [5, 5.41) is 5.48. The first-order valence-electron chi connectivity index (χ1n) is 14.9. The number of nitrogens with one attached hydrogen (secondary N) is 2. The fraction of sp³-hybridized carbons (Fsp3) is 0.625. The number of carbonyl (C=O) groups excluding carboxylic acids is 4. The van der Waals surface area contributed by atoms with E-state index in [9.17, 15) is 19.2 Å². The van der Waals surface area contributed by atoms with Crippen molar-refractivity contribution < 1.29 is 23.9 Å². The number of amides is 4. The molecule has 0 aliphatic heterocycles. The molecule has 0 aliphatic carbocycles. The molecule has 0 heterocycles. The number of ether oxygens (including phenoxy) is 1. The van der Waals surface area contributed by atoms with Crippen molar-refractivity contribution in [3.05, 3.63) is 35.4 Å². The van der Waals surface area contributed by atoms with E-state index in [1.165, 1.54) is 4.90 Å². The molecule has 0 saturated carbocycles. The Morgan fingerprint density at radius 1 is 0.976 bits per heavy atom. The zero-order valence-electron chi connectivity index (χ0n) is 25.6. The van der Waals surface area contributed by atoms with Crippen LogP contribution in [0.1, 0.15) is 116 Å². The topological polar surface area (TPSA) is 131 Å². The average molecular weight is 571 g/mol. The van der Waals surface area contributed by atoms with Gasteiger partial charge in [0.1, 0.15) is 17.7 Å². The molecule has 1 rings (SSSR count). The maximum Gasteiger partial charge on any atom is 0.408 e. The Morgan fingerprint density at radius 2 is 1.59 bits per heavy atom. The lowest BCUT2D eigenvalue weighted by molar-refractivity contribution is -0.143. The molecular weight excluding hydrogens is 520 g/mol. The monoisotopic (exact) mass is 570 g/mol. The van der Waals surface area contributed by atoms with Gasteiger partial charge >= 0.3 is 6.09 Å². The van der Waals surface area contributed by atoms with Gasteiger partial charge in [-0.05, 0) is 45.2 Å². The number of nitrogens with two attached hydrogens (primary N) is 1. The highest BCUT2D eigenvalue weighted by molar-refractivity contribution is 5.94. The molecule has 0 fully saturated rings. The van der Waals surface area contributed by atoms with Crippen LogP contribution >= 0.6 is 0 Å². The van der Waals surface area contributed by atoms with Gasteiger partial charge in [0.15, 0.2) is 0 Å². The molecule has 2 atom stereocenters. The van der Waals surface area contributed by atoms with Crippen LogP contribution in [0.4, 0.5) is 4.79 Å². The van der Waals surface area contributed by atoms with Crippen molar-refractivity contribution in [2.24, 2.45) is 5.73 Å². The molecule has 0 radical (unpaired) electrons. The first kappa shape index (κ1) is 35.5. The number of primary amides is 1. The summed E-state index contributed by atoms with van der Waals surface area (Å²) in [6, 6.07) is 4.60. The van der Waals surface area contributed by atoms with E-state index in [1.807, 2.05) is 0 Å². The van der Waals surface area contributed by atoms with Gasteiger partial charge in [-0.25, -0.2) is 4.79 Å². The third kappa shape index (κ3) is 13.6. The van der Waals surface area contributed by atoms with Crippen LogP contribution in [0, 0.1) is 12.3 Å². The third-order valence-electron chi connectivity index (χ3n) is 6.48. The fourth-order valence-electron chi connectivity index (χ4n) is 4.48. The Bertz CT molecular complexity index is 1030. The minimum absolute atomic E-state index is 0.224. The van der Waals surface area contributed by atoms with Crippen LogP contribution in [-0.4, -0.2) is 53.4 Å². The number of benzene rings is 1. The van der Waals surface area contributed by atoms with Gasteiger partial charge in [-0.3, -0.25) is 14.4 Å². The number of hydrogen-bond donors (Lipinski definition) is 3. The van der Waals surface area contributed by atoms with Gasteiger partial charge in [-0.15, -0.1) is 6.42 Å². The Kier molecular flexibility index (Phi) is 16.2. The minimum atomic E-state index is -1.32. The number of carbonyl (C=O) groups is 4. The lowest BCUT2D eigenvalue weighted by Crippen LogP contribution is -2.54. The normalized spacial score (nSPS) is 12.5. The summed E-state index contributed by atoms with van der Waals surface area (Å²) in [5.74, 6) is 0.870. The second-order valence-corrected chi connectivity index (χ2v) is 11.3. The van der Waals surface area contributed by atoms with Crippen LogP contribution in [0.5, 0.6) is 0 Å². The average Bonchev–Trinajstić information content (AvgIpc) is 2.90. The molecule has 2 unspecified atom stereocenters. The fourth-order valence-corrected chi connectivity index (χ4v) is 4.48. The van der Waals surface area contributed by atoms with Crippen LogP contribution in [0.2, 0.25) is 0 Å². The van der Waals surface area contributed by atoms with E-state index in [1.54, 1.807) is 45.0 Å². The van der Waals surface area contributed by atoms with Gasteiger partial charge in [0.2, 0.25) is 17.7 Å². The largest absolute Gasteiger partial charge is 0.444 e. The highest BCUT2D eigenvalue weighted by atomic mass is 16.6.